The molecule has 1 aromatic rings. The summed E-state index contributed by atoms with van der Waals surface area (Å²) < 4.78 is 39.1. The molecular weight excluding hydrogens is 404 g/mol. The first kappa shape index (κ1) is 22.2. The lowest BCUT2D eigenvalue weighted by Crippen LogP contribution is -2.37. The average molecular weight is 441 g/mol. The van der Waals surface area contributed by atoms with Crippen molar-refractivity contribution in [1.29, 1.82) is 0 Å². The maximum Gasteiger partial charge on any atom is 0.227 e. The van der Waals surface area contributed by atoms with E-state index in [-0.39, 0.29) is 17.0 Å². The second-order valence-electron chi connectivity index (χ2n) is 9.05. The summed E-state index contributed by atoms with van der Waals surface area (Å²) in [5.74, 6) is 0.541. The zero-order chi connectivity index (χ0) is 21.0. The molecule has 0 N–H and O–H groups in total. The molecule has 1 aromatic heterocycles. The Labute approximate surface area is 180 Å². The first-order valence-corrected chi connectivity index (χ1v) is 13.0. The Morgan fingerprint density at radius 2 is 2.00 bits per heavy atom. The molecule has 3 fully saturated rings. The molecule has 3 aliphatic rings. The van der Waals surface area contributed by atoms with E-state index in [0.29, 0.717) is 19.0 Å². The third kappa shape index (κ3) is 6.03. The van der Waals surface area contributed by atoms with Gasteiger partial charge < -0.3 is 18.9 Å². The third-order valence-corrected chi connectivity index (χ3v) is 8.08. The van der Waals surface area contributed by atoms with E-state index in [9.17, 15) is 8.42 Å². The normalized spacial score (nSPS) is 23.5. The van der Waals surface area contributed by atoms with E-state index in [1.54, 1.807) is 6.20 Å². The summed E-state index contributed by atoms with van der Waals surface area (Å²) in [5, 5.41) is 0.238. The summed E-state index contributed by atoms with van der Waals surface area (Å²) in [6.45, 7) is 7.77. The molecule has 8 nitrogen and oxygen atoms in total. The summed E-state index contributed by atoms with van der Waals surface area (Å²) in [7, 11) is -1.26. The van der Waals surface area contributed by atoms with Crippen LogP contribution in [0.1, 0.15) is 37.8 Å². The molecular formula is C21H36N4O4S. The van der Waals surface area contributed by atoms with Gasteiger partial charge in [-0.3, -0.25) is 4.90 Å². The molecule has 2 aliphatic heterocycles. The van der Waals surface area contributed by atoms with E-state index < -0.39 is 9.84 Å². The summed E-state index contributed by atoms with van der Waals surface area (Å²) in [6, 6.07) is 0. The summed E-state index contributed by atoms with van der Waals surface area (Å²) in [6.07, 6.45) is 6.99. The SMILES string of the molecule is CN(CCCN1CCOCC1)Cc1cnc(S(=O)(=O)CC2CC2)n1C[C@H]1CCCO1. The van der Waals surface area contributed by atoms with Crippen LogP contribution in [0.4, 0.5) is 0 Å². The fourth-order valence-corrected chi connectivity index (χ4v) is 6.21. The van der Waals surface area contributed by atoms with E-state index in [4.69, 9.17) is 9.47 Å². The third-order valence-electron chi connectivity index (χ3n) is 6.29. The Balaban J connectivity index is 1.39. The van der Waals surface area contributed by atoms with Crippen molar-refractivity contribution in [1.82, 2.24) is 19.4 Å². The van der Waals surface area contributed by atoms with E-state index in [1.807, 2.05) is 4.57 Å². The van der Waals surface area contributed by atoms with E-state index >= 15 is 0 Å². The van der Waals surface area contributed by atoms with Crippen molar-refractivity contribution in [3.63, 3.8) is 0 Å². The van der Waals surface area contributed by atoms with Crippen LogP contribution >= 0.6 is 0 Å². The lowest BCUT2D eigenvalue weighted by Gasteiger charge is -2.27. The number of nitrogens with zero attached hydrogens (tertiary/aromatic N) is 4. The van der Waals surface area contributed by atoms with Gasteiger partial charge in [-0.15, -0.1) is 0 Å². The van der Waals surface area contributed by atoms with Gasteiger partial charge in [0.2, 0.25) is 15.0 Å². The molecule has 1 atom stereocenters. The Bertz CT molecular complexity index is 781. The van der Waals surface area contributed by atoms with Crippen molar-refractivity contribution >= 4 is 9.84 Å². The maximum atomic E-state index is 13.0. The number of ether oxygens (including phenoxy) is 2. The van der Waals surface area contributed by atoms with Crippen molar-refractivity contribution in [3.8, 4) is 0 Å². The zero-order valence-corrected chi connectivity index (χ0v) is 19.0. The van der Waals surface area contributed by atoms with Crippen molar-refractivity contribution in [2.24, 2.45) is 5.92 Å². The van der Waals surface area contributed by atoms with Crippen molar-refractivity contribution in [3.05, 3.63) is 11.9 Å². The number of morpholine rings is 1. The van der Waals surface area contributed by atoms with Gasteiger partial charge in [0.05, 0.1) is 43.5 Å². The number of imidazole rings is 1. The molecule has 9 heteroatoms. The maximum absolute atomic E-state index is 13.0. The predicted octanol–water partition coefficient (Wildman–Crippen LogP) is 1.40. The van der Waals surface area contributed by atoms with E-state index in [0.717, 1.165) is 83.8 Å². The minimum Gasteiger partial charge on any atom is -0.379 e. The van der Waals surface area contributed by atoms with Gasteiger partial charge in [-0.2, -0.15) is 0 Å². The second-order valence-corrected chi connectivity index (χ2v) is 11.0. The second kappa shape index (κ2) is 10.1. The van der Waals surface area contributed by atoms with Crippen LogP contribution in [0.15, 0.2) is 11.4 Å². The molecule has 2 saturated heterocycles. The molecule has 0 aromatic carbocycles. The fourth-order valence-electron chi connectivity index (χ4n) is 4.37. The highest BCUT2D eigenvalue weighted by Crippen LogP contribution is 2.32. The Kier molecular flexibility index (Phi) is 7.46. The molecule has 1 saturated carbocycles. The molecule has 0 amide bonds. The van der Waals surface area contributed by atoms with Crippen molar-refractivity contribution in [2.75, 3.05) is 58.8 Å². The van der Waals surface area contributed by atoms with Crippen LogP contribution in [0.5, 0.6) is 0 Å². The van der Waals surface area contributed by atoms with Gasteiger partial charge in [0.1, 0.15) is 0 Å². The van der Waals surface area contributed by atoms with Crippen LogP contribution in [0, 0.1) is 5.92 Å². The largest absolute Gasteiger partial charge is 0.379 e. The zero-order valence-electron chi connectivity index (χ0n) is 18.2. The molecule has 170 valence electrons. The van der Waals surface area contributed by atoms with E-state index in [2.05, 4.69) is 21.8 Å². The Morgan fingerprint density at radius 1 is 1.20 bits per heavy atom. The van der Waals surface area contributed by atoms with Gasteiger partial charge in [0.15, 0.2) is 0 Å². The minimum atomic E-state index is -3.36. The Morgan fingerprint density at radius 3 is 2.70 bits per heavy atom. The van der Waals surface area contributed by atoms with Crippen molar-refractivity contribution < 1.29 is 17.9 Å². The van der Waals surface area contributed by atoms with Gasteiger partial charge in [0.25, 0.3) is 0 Å². The van der Waals surface area contributed by atoms with Gasteiger partial charge >= 0.3 is 0 Å². The number of sulfone groups is 1. The molecule has 0 unspecified atom stereocenters. The first-order valence-electron chi connectivity index (χ1n) is 11.4. The molecule has 0 bridgehead atoms. The number of aromatic nitrogens is 2. The minimum absolute atomic E-state index is 0.0828. The topological polar surface area (TPSA) is 76.9 Å². The first-order chi connectivity index (χ1) is 14.5. The fraction of sp³-hybridized carbons (Fsp3) is 0.857. The van der Waals surface area contributed by atoms with Crippen LogP contribution in [0.3, 0.4) is 0 Å². The molecule has 0 spiro atoms. The molecule has 3 heterocycles. The van der Waals surface area contributed by atoms with Crippen LogP contribution in [0.25, 0.3) is 0 Å². The van der Waals surface area contributed by atoms with Crippen LogP contribution < -0.4 is 0 Å². The number of rotatable bonds is 11. The standard InChI is InChI=1S/C21H36N4O4S/c1-23(7-3-8-24-9-12-28-13-10-24)15-19-14-22-21(30(26,27)17-18-5-6-18)25(19)16-20-4-2-11-29-20/h14,18,20H,2-13,15-17H2,1H3/t20-/m1/s1. The summed E-state index contributed by atoms with van der Waals surface area (Å²) >= 11 is 0. The highest BCUT2D eigenvalue weighted by molar-refractivity contribution is 7.91. The number of hydrogen-bond acceptors (Lipinski definition) is 7. The number of hydrogen-bond donors (Lipinski definition) is 0. The summed E-state index contributed by atoms with van der Waals surface area (Å²) in [5.41, 5.74) is 0.966. The van der Waals surface area contributed by atoms with Crippen LogP contribution in [-0.4, -0.2) is 92.7 Å². The summed E-state index contributed by atoms with van der Waals surface area (Å²) in [4.78, 5) is 9.10. The monoisotopic (exact) mass is 440 g/mol. The van der Waals surface area contributed by atoms with Gasteiger partial charge in [-0.1, -0.05) is 0 Å². The Hall–Kier alpha value is -1.00. The quantitative estimate of drug-likeness (QED) is 0.515. The molecule has 4 rings (SSSR count). The highest BCUT2D eigenvalue weighted by Gasteiger charge is 2.33. The van der Waals surface area contributed by atoms with Crippen LogP contribution in [-0.2, 0) is 32.4 Å². The average Bonchev–Trinajstić information content (AvgIpc) is 3.21. The van der Waals surface area contributed by atoms with Gasteiger partial charge in [-0.25, -0.2) is 13.4 Å². The van der Waals surface area contributed by atoms with Crippen LogP contribution in [0.2, 0.25) is 0 Å². The van der Waals surface area contributed by atoms with Gasteiger partial charge in [0, 0.05) is 26.2 Å². The van der Waals surface area contributed by atoms with E-state index in [1.165, 1.54) is 0 Å². The highest BCUT2D eigenvalue weighted by atomic mass is 32.2. The molecule has 30 heavy (non-hydrogen) atoms. The lowest BCUT2D eigenvalue weighted by molar-refractivity contribution is 0.0363. The lowest BCUT2D eigenvalue weighted by atomic mass is 10.2. The van der Waals surface area contributed by atoms with Gasteiger partial charge in [-0.05, 0) is 58.2 Å². The molecule has 0 radical (unpaired) electrons. The predicted molar refractivity (Wildman–Crippen MR) is 114 cm³/mol. The van der Waals surface area contributed by atoms with Crippen molar-refractivity contribution in [2.45, 2.75) is 56.5 Å². The smallest absolute Gasteiger partial charge is 0.227 e. The molecule has 1 aliphatic carbocycles.